The van der Waals surface area contributed by atoms with Crippen LogP contribution in [-0.4, -0.2) is 16.4 Å². The van der Waals surface area contributed by atoms with E-state index in [4.69, 9.17) is 0 Å². The van der Waals surface area contributed by atoms with Crippen LogP contribution >= 0.6 is 11.8 Å². The number of aliphatic hydroxyl groups is 1. The van der Waals surface area contributed by atoms with Crippen molar-refractivity contribution in [3.05, 3.63) is 23.6 Å². The van der Waals surface area contributed by atoms with Crippen molar-refractivity contribution >= 4 is 16.8 Å². The molecule has 0 unspecified atom stereocenters. The highest BCUT2D eigenvalue weighted by molar-refractivity contribution is 8.13. The normalized spacial score (nSPS) is 27.3. The standard InChI is InChI=1S/C9H13NOS/c1-7-6-8(11)4-3-5-9(10-7)12-2/h4,6,11H,3,5H2,1-2H3/b7-6-,8-4+,10-9?. The molecule has 0 amide bonds. The molecule has 0 saturated carbocycles. The van der Waals surface area contributed by atoms with E-state index in [9.17, 15) is 5.11 Å². The second-order valence-electron chi connectivity index (χ2n) is 2.66. The van der Waals surface area contributed by atoms with E-state index >= 15 is 0 Å². The van der Waals surface area contributed by atoms with Crippen LogP contribution in [0.15, 0.2) is 28.6 Å². The summed E-state index contributed by atoms with van der Waals surface area (Å²) in [5.41, 5.74) is 0.868. The zero-order chi connectivity index (χ0) is 8.97. The van der Waals surface area contributed by atoms with Crippen LogP contribution in [0.25, 0.3) is 0 Å². The Morgan fingerprint density at radius 2 is 2.33 bits per heavy atom. The van der Waals surface area contributed by atoms with Gasteiger partial charge >= 0.3 is 0 Å². The predicted molar refractivity (Wildman–Crippen MR) is 54.7 cm³/mol. The van der Waals surface area contributed by atoms with Crippen molar-refractivity contribution in [2.45, 2.75) is 19.8 Å². The lowest BCUT2D eigenvalue weighted by molar-refractivity contribution is 0.428. The second kappa shape index (κ2) is 4.36. The van der Waals surface area contributed by atoms with Gasteiger partial charge < -0.3 is 5.11 Å². The molecule has 66 valence electrons. The van der Waals surface area contributed by atoms with Crippen molar-refractivity contribution < 1.29 is 5.11 Å². The van der Waals surface area contributed by atoms with E-state index in [0.29, 0.717) is 5.76 Å². The van der Waals surface area contributed by atoms with Gasteiger partial charge in [0.25, 0.3) is 0 Å². The average molecular weight is 183 g/mol. The van der Waals surface area contributed by atoms with Crippen molar-refractivity contribution in [1.29, 1.82) is 0 Å². The maximum Gasteiger partial charge on any atom is 0.113 e. The van der Waals surface area contributed by atoms with Gasteiger partial charge in [-0.2, -0.15) is 0 Å². The highest BCUT2D eigenvalue weighted by Crippen LogP contribution is 2.14. The molecule has 1 aliphatic heterocycles. The summed E-state index contributed by atoms with van der Waals surface area (Å²) in [7, 11) is 0. The Bertz CT molecular complexity index is 253. The van der Waals surface area contributed by atoms with E-state index in [1.54, 1.807) is 17.8 Å². The van der Waals surface area contributed by atoms with E-state index in [1.165, 1.54) is 0 Å². The zero-order valence-corrected chi connectivity index (χ0v) is 8.19. The number of aliphatic hydroxyl groups excluding tert-OH is 1. The molecule has 12 heavy (non-hydrogen) atoms. The summed E-state index contributed by atoms with van der Waals surface area (Å²) >= 11 is 1.67. The van der Waals surface area contributed by atoms with Gasteiger partial charge in [0, 0.05) is 11.8 Å². The SMILES string of the molecule is CSC1=N/C(C)=C\C(O)=C/CC1. The summed E-state index contributed by atoms with van der Waals surface area (Å²) in [5.74, 6) is 0.330. The molecule has 0 aromatic heterocycles. The minimum Gasteiger partial charge on any atom is -0.508 e. The fraction of sp³-hybridized carbons (Fsp3) is 0.444. The molecule has 0 saturated heterocycles. The minimum absolute atomic E-state index is 0.330. The molecule has 0 aliphatic carbocycles. The van der Waals surface area contributed by atoms with Crippen molar-refractivity contribution in [3.8, 4) is 0 Å². The van der Waals surface area contributed by atoms with Crippen molar-refractivity contribution in [1.82, 2.24) is 0 Å². The Labute approximate surface area is 77.1 Å². The number of aliphatic imine (C=N–C) groups is 1. The third-order valence-corrected chi connectivity index (χ3v) is 2.37. The number of thioether (sulfide) groups is 1. The number of hydrogen-bond acceptors (Lipinski definition) is 3. The van der Waals surface area contributed by atoms with Gasteiger partial charge in [-0.15, -0.1) is 11.8 Å². The molecule has 0 atom stereocenters. The van der Waals surface area contributed by atoms with Gasteiger partial charge in [0.15, 0.2) is 0 Å². The largest absolute Gasteiger partial charge is 0.508 e. The first-order valence-corrected chi connectivity index (χ1v) is 5.14. The van der Waals surface area contributed by atoms with Crippen molar-refractivity contribution in [3.63, 3.8) is 0 Å². The lowest BCUT2D eigenvalue weighted by Gasteiger charge is -2.04. The molecule has 1 N–H and O–H groups in total. The topological polar surface area (TPSA) is 32.6 Å². The van der Waals surface area contributed by atoms with Gasteiger partial charge in [0.1, 0.15) is 5.76 Å². The highest BCUT2D eigenvalue weighted by atomic mass is 32.2. The third-order valence-electron chi connectivity index (χ3n) is 1.61. The predicted octanol–water partition coefficient (Wildman–Crippen LogP) is 2.89. The first-order valence-electron chi connectivity index (χ1n) is 3.91. The summed E-state index contributed by atoms with van der Waals surface area (Å²) in [6, 6.07) is 0. The summed E-state index contributed by atoms with van der Waals surface area (Å²) in [4.78, 5) is 4.34. The van der Waals surface area contributed by atoms with Gasteiger partial charge in [-0.05, 0) is 32.1 Å². The van der Waals surface area contributed by atoms with Gasteiger partial charge in [-0.1, -0.05) is 0 Å². The van der Waals surface area contributed by atoms with Crippen LogP contribution in [0.1, 0.15) is 19.8 Å². The van der Waals surface area contributed by atoms with Crippen LogP contribution in [0, 0.1) is 0 Å². The van der Waals surface area contributed by atoms with E-state index in [-0.39, 0.29) is 0 Å². The van der Waals surface area contributed by atoms with E-state index in [2.05, 4.69) is 4.99 Å². The third kappa shape index (κ3) is 2.74. The Hall–Kier alpha value is -0.700. The minimum atomic E-state index is 0.330. The van der Waals surface area contributed by atoms with Gasteiger partial charge in [-0.25, -0.2) is 0 Å². The molecule has 2 nitrogen and oxygen atoms in total. The summed E-state index contributed by atoms with van der Waals surface area (Å²) in [6.07, 6.45) is 7.34. The molecule has 0 fully saturated rings. The Morgan fingerprint density at radius 1 is 1.58 bits per heavy atom. The molecular weight excluding hydrogens is 170 g/mol. The Balaban J connectivity index is 2.84. The fourth-order valence-electron chi connectivity index (χ4n) is 1.05. The van der Waals surface area contributed by atoms with Crippen molar-refractivity contribution in [2.75, 3.05) is 6.26 Å². The van der Waals surface area contributed by atoms with E-state index < -0.39 is 0 Å². The van der Waals surface area contributed by atoms with E-state index in [1.807, 2.05) is 19.3 Å². The first-order chi connectivity index (χ1) is 5.72. The maximum absolute atomic E-state index is 9.25. The maximum atomic E-state index is 9.25. The molecule has 1 rings (SSSR count). The number of hydrogen-bond donors (Lipinski definition) is 1. The van der Waals surface area contributed by atoms with Crippen LogP contribution < -0.4 is 0 Å². The van der Waals surface area contributed by atoms with Crippen LogP contribution in [0.3, 0.4) is 0 Å². The zero-order valence-electron chi connectivity index (χ0n) is 7.37. The molecule has 0 aromatic rings. The van der Waals surface area contributed by atoms with Gasteiger partial charge in [0.05, 0.1) is 5.04 Å². The molecule has 0 radical (unpaired) electrons. The molecule has 1 heterocycles. The highest BCUT2D eigenvalue weighted by Gasteiger charge is 2.01. The second-order valence-corrected chi connectivity index (χ2v) is 3.54. The molecule has 0 aromatic carbocycles. The molecule has 0 bridgehead atoms. The van der Waals surface area contributed by atoms with Crippen molar-refractivity contribution in [2.24, 2.45) is 4.99 Å². The number of nitrogens with zero attached hydrogens (tertiary/aromatic N) is 1. The summed E-state index contributed by atoms with van der Waals surface area (Å²) < 4.78 is 0. The van der Waals surface area contributed by atoms with Gasteiger partial charge in [0.2, 0.25) is 0 Å². The molecule has 1 aliphatic rings. The molecule has 0 spiro atoms. The first kappa shape index (κ1) is 9.39. The Morgan fingerprint density at radius 3 is 3.00 bits per heavy atom. The number of allylic oxidation sites excluding steroid dienone is 3. The van der Waals surface area contributed by atoms with Crippen LogP contribution in [0.5, 0.6) is 0 Å². The number of rotatable bonds is 0. The van der Waals surface area contributed by atoms with Gasteiger partial charge in [-0.3, -0.25) is 4.99 Å². The van der Waals surface area contributed by atoms with Crippen LogP contribution in [0.4, 0.5) is 0 Å². The summed E-state index contributed by atoms with van der Waals surface area (Å²) in [5, 5.41) is 10.4. The fourth-order valence-corrected chi connectivity index (χ4v) is 1.61. The van der Waals surface area contributed by atoms with Crippen LogP contribution in [0.2, 0.25) is 0 Å². The van der Waals surface area contributed by atoms with E-state index in [0.717, 1.165) is 23.6 Å². The van der Waals surface area contributed by atoms with Crippen LogP contribution in [-0.2, 0) is 0 Å². The Kier molecular flexibility index (Phi) is 3.41. The smallest absolute Gasteiger partial charge is 0.113 e. The quantitative estimate of drug-likeness (QED) is 0.626. The monoisotopic (exact) mass is 183 g/mol. The average Bonchev–Trinajstić information content (AvgIpc) is 1.99. The molecule has 3 heteroatoms. The summed E-state index contributed by atoms with van der Waals surface area (Å²) in [6.45, 7) is 1.89. The lowest BCUT2D eigenvalue weighted by Crippen LogP contribution is -1.94. The molecular formula is C9H13NOS. The lowest BCUT2D eigenvalue weighted by atomic mass is 10.2.